The molecule has 0 aliphatic carbocycles. The molecule has 2 aliphatic rings. The van der Waals surface area contributed by atoms with Crippen LogP contribution in [0.25, 0.3) is 11.3 Å². The Bertz CT molecular complexity index is 1270. The molecule has 5 rings (SSSR count). The molecule has 0 spiro atoms. The summed E-state index contributed by atoms with van der Waals surface area (Å²) in [6, 6.07) is 13.3. The number of likely N-dealkylation sites (tertiary alicyclic amines) is 1. The van der Waals surface area contributed by atoms with Gasteiger partial charge in [0.05, 0.1) is 11.9 Å². The van der Waals surface area contributed by atoms with E-state index in [0.717, 1.165) is 81.3 Å². The topological polar surface area (TPSA) is 96.6 Å². The van der Waals surface area contributed by atoms with Gasteiger partial charge < -0.3 is 20.7 Å². The van der Waals surface area contributed by atoms with E-state index in [1.165, 1.54) is 0 Å². The van der Waals surface area contributed by atoms with Crippen molar-refractivity contribution in [1.82, 2.24) is 20.2 Å². The van der Waals surface area contributed by atoms with Gasteiger partial charge in [0.25, 0.3) is 0 Å². The number of amides is 1. The third kappa shape index (κ3) is 7.19. The fourth-order valence-electron chi connectivity index (χ4n) is 5.29. The summed E-state index contributed by atoms with van der Waals surface area (Å²) >= 11 is 12.6. The standard InChI is InChI=1S/C29H34Cl2N6O2/c1-19(29(32)38)21-4-8-36(9-5-21)18-20-12-26(22-14-23(30)16-24(31)15-22)35-28(13-20)39-25-2-3-27(34-17-25)37-10-6-33-7-11-37/h2-3,12-17,19,21,33H,4-11,18H2,1H3,(H2,32,38). The van der Waals surface area contributed by atoms with Gasteiger partial charge in [0, 0.05) is 60.3 Å². The summed E-state index contributed by atoms with van der Waals surface area (Å²) in [5.74, 6) is 2.05. The number of carbonyl (C=O) groups excluding carboxylic acids is 1. The van der Waals surface area contributed by atoms with Crippen LogP contribution < -0.4 is 20.7 Å². The second kappa shape index (κ2) is 12.5. The van der Waals surface area contributed by atoms with E-state index in [0.29, 0.717) is 27.6 Å². The predicted molar refractivity (Wildman–Crippen MR) is 155 cm³/mol. The average Bonchev–Trinajstić information content (AvgIpc) is 2.93. The van der Waals surface area contributed by atoms with Gasteiger partial charge >= 0.3 is 0 Å². The van der Waals surface area contributed by atoms with Crippen LogP contribution in [0.5, 0.6) is 11.6 Å². The van der Waals surface area contributed by atoms with Crippen LogP contribution in [0.1, 0.15) is 25.3 Å². The van der Waals surface area contributed by atoms with Crippen LogP contribution in [0.2, 0.25) is 10.0 Å². The van der Waals surface area contributed by atoms with Gasteiger partial charge in [-0.1, -0.05) is 30.1 Å². The molecule has 2 aromatic heterocycles. The Kier molecular flexibility index (Phi) is 8.87. The van der Waals surface area contributed by atoms with Gasteiger partial charge in [-0.2, -0.15) is 0 Å². The molecule has 2 fully saturated rings. The van der Waals surface area contributed by atoms with E-state index in [-0.39, 0.29) is 11.8 Å². The lowest BCUT2D eigenvalue weighted by molar-refractivity contribution is -0.123. The third-order valence-electron chi connectivity index (χ3n) is 7.60. The highest BCUT2D eigenvalue weighted by Crippen LogP contribution is 2.31. The molecule has 2 aliphatic heterocycles. The van der Waals surface area contributed by atoms with Crippen molar-refractivity contribution in [2.24, 2.45) is 17.6 Å². The third-order valence-corrected chi connectivity index (χ3v) is 8.03. The largest absolute Gasteiger partial charge is 0.437 e. The number of nitrogens with one attached hydrogen (secondary N) is 1. The van der Waals surface area contributed by atoms with E-state index in [9.17, 15) is 4.79 Å². The minimum atomic E-state index is -0.218. The number of piperazine rings is 1. The summed E-state index contributed by atoms with van der Waals surface area (Å²) in [6.45, 7) is 8.24. The first-order valence-electron chi connectivity index (χ1n) is 13.4. The number of hydrogen-bond acceptors (Lipinski definition) is 7. The lowest BCUT2D eigenvalue weighted by Crippen LogP contribution is -2.43. The number of primary amides is 1. The molecule has 1 amide bonds. The van der Waals surface area contributed by atoms with Gasteiger partial charge in [-0.25, -0.2) is 9.97 Å². The number of anilines is 1. The number of aromatic nitrogens is 2. The minimum absolute atomic E-state index is 0.0983. The number of ether oxygens (including phenoxy) is 1. The van der Waals surface area contributed by atoms with Crippen LogP contribution in [0, 0.1) is 11.8 Å². The van der Waals surface area contributed by atoms with Crippen molar-refractivity contribution in [2.45, 2.75) is 26.3 Å². The van der Waals surface area contributed by atoms with E-state index in [2.05, 4.69) is 26.2 Å². The molecule has 3 aromatic rings. The normalized spacial score (nSPS) is 17.7. The molecule has 4 heterocycles. The Morgan fingerprint density at radius 2 is 1.79 bits per heavy atom. The first kappa shape index (κ1) is 27.6. The maximum Gasteiger partial charge on any atom is 0.220 e. The zero-order chi connectivity index (χ0) is 27.4. The first-order valence-corrected chi connectivity index (χ1v) is 14.2. The molecule has 0 bridgehead atoms. The lowest BCUT2D eigenvalue weighted by Gasteiger charge is -2.34. The lowest BCUT2D eigenvalue weighted by atomic mass is 9.85. The van der Waals surface area contributed by atoms with Gasteiger partial charge in [0.2, 0.25) is 11.8 Å². The highest BCUT2D eigenvalue weighted by molar-refractivity contribution is 6.35. The van der Waals surface area contributed by atoms with Crippen LogP contribution in [0.3, 0.4) is 0 Å². The molecule has 39 heavy (non-hydrogen) atoms. The molecule has 2 saturated heterocycles. The van der Waals surface area contributed by atoms with Crippen molar-refractivity contribution >= 4 is 34.9 Å². The van der Waals surface area contributed by atoms with Crippen molar-refractivity contribution in [3.05, 3.63) is 64.3 Å². The Balaban J connectivity index is 1.36. The number of pyridine rings is 2. The zero-order valence-corrected chi connectivity index (χ0v) is 23.6. The van der Waals surface area contributed by atoms with Crippen LogP contribution in [0.4, 0.5) is 5.82 Å². The zero-order valence-electron chi connectivity index (χ0n) is 22.1. The van der Waals surface area contributed by atoms with Crippen LogP contribution >= 0.6 is 23.2 Å². The predicted octanol–water partition coefficient (Wildman–Crippen LogP) is 4.99. The van der Waals surface area contributed by atoms with Crippen molar-refractivity contribution < 1.29 is 9.53 Å². The molecular weight excluding hydrogens is 535 g/mol. The molecular formula is C29H34Cl2N6O2. The molecule has 10 heteroatoms. The SMILES string of the molecule is CC(C(N)=O)C1CCN(Cc2cc(Oc3ccc(N4CCNCC4)nc3)nc(-c3cc(Cl)cc(Cl)c3)c2)CC1. The van der Waals surface area contributed by atoms with Crippen LogP contribution in [-0.2, 0) is 11.3 Å². The summed E-state index contributed by atoms with van der Waals surface area (Å²) in [7, 11) is 0. The number of rotatable bonds is 8. The minimum Gasteiger partial charge on any atom is -0.437 e. The Labute approximate surface area is 239 Å². The number of benzene rings is 1. The van der Waals surface area contributed by atoms with Crippen molar-refractivity contribution in [2.75, 3.05) is 44.2 Å². The molecule has 3 N–H and O–H groups in total. The average molecular weight is 570 g/mol. The number of hydrogen-bond donors (Lipinski definition) is 2. The fraction of sp³-hybridized carbons (Fsp3) is 0.414. The molecule has 0 radical (unpaired) electrons. The maximum atomic E-state index is 11.6. The van der Waals surface area contributed by atoms with Crippen molar-refractivity contribution in [3.8, 4) is 22.9 Å². The summed E-state index contributed by atoms with van der Waals surface area (Å²) in [4.78, 5) is 25.7. The van der Waals surface area contributed by atoms with E-state index in [4.69, 9.17) is 38.7 Å². The van der Waals surface area contributed by atoms with Crippen molar-refractivity contribution in [1.29, 1.82) is 0 Å². The highest BCUT2D eigenvalue weighted by atomic mass is 35.5. The second-order valence-electron chi connectivity index (χ2n) is 10.4. The Morgan fingerprint density at radius 1 is 1.08 bits per heavy atom. The summed E-state index contributed by atoms with van der Waals surface area (Å²) in [6.07, 6.45) is 3.63. The Hall–Kier alpha value is -2.91. The molecule has 8 nitrogen and oxygen atoms in total. The number of carbonyl (C=O) groups is 1. The second-order valence-corrected chi connectivity index (χ2v) is 11.2. The van der Waals surface area contributed by atoms with Crippen molar-refractivity contribution in [3.63, 3.8) is 0 Å². The molecule has 1 unspecified atom stereocenters. The van der Waals surface area contributed by atoms with E-state index in [1.54, 1.807) is 12.3 Å². The van der Waals surface area contributed by atoms with Gasteiger partial charge in [0.15, 0.2) is 0 Å². The van der Waals surface area contributed by atoms with E-state index in [1.807, 2.05) is 37.3 Å². The number of nitrogens with zero attached hydrogens (tertiary/aromatic N) is 4. The maximum absolute atomic E-state index is 11.6. The van der Waals surface area contributed by atoms with E-state index >= 15 is 0 Å². The molecule has 0 saturated carbocycles. The number of nitrogens with two attached hydrogens (primary N) is 1. The highest BCUT2D eigenvalue weighted by Gasteiger charge is 2.27. The monoisotopic (exact) mass is 568 g/mol. The van der Waals surface area contributed by atoms with Gasteiger partial charge in [-0.05, 0) is 73.8 Å². The quantitative estimate of drug-likeness (QED) is 0.395. The number of piperidine rings is 1. The smallest absolute Gasteiger partial charge is 0.220 e. The van der Waals surface area contributed by atoms with Gasteiger partial charge in [0.1, 0.15) is 11.6 Å². The Morgan fingerprint density at radius 3 is 2.44 bits per heavy atom. The van der Waals surface area contributed by atoms with Crippen LogP contribution in [0.15, 0.2) is 48.7 Å². The van der Waals surface area contributed by atoms with E-state index < -0.39 is 0 Å². The van der Waals surface area contributed by atoms with Gasteiger partial charge in [-0.3, -0.25) is 9.69 Å². The fourth-order valence-corrected chi connectivity index (χ4v) is 5.81. The molecule has 206 valence electrons. The molecule has 1 aromatic carbocycles. The summed E-state index contributed by atoms with van der Waals surface area (Å²) < 4.78 is 6.21. The number of halogens is 2. The van der Waals surface area contributed by atoms with Crippen LogP contribution in [-0.4, -0.2) is 60.0 Å². The van der Waals surface area contributed by atoms with Gasteiger partial charge in [-0.15, -0.1) is 0 Å². The summed E-state index contributed by atoms with van der Waals surface area (Å²) in [5.41, 5.74) is 8.16. The summed E-state index contributed by atoms with van der Waals surface area (Å²) in [5, 5.41) is 4.45. The first-order chi connectivity index (χ1) is 18.8. The molecule has 1 atom stereocenters.